The van der Waals surface area contributed by atoms with E-state index in [-0.39, 0.29) is 25.0 Å². The molecule has 1 rings (SSSR count). The smallest absolute Gasteiger partial charge is 0.248 e. The van der Waals surface area contributed by atoms with Gasteiger partial charge in [-0.3, -0.25) is 9.59 Å². The van der Waals surface area contributed by atoms with Gasteiger partial charge >= 0.3 is 0 Å². The summed E-state index contributed by atoms with van der Waals surface area (Å²) in [5.41, 5.74) is 0. The molecule has 0 unspecified atom stereocenters. The lowest BCUT2D eigenvalue weighted by atomic mass is 10.2. The summed E-state index contributed by atoms with van der Waals surface area (Å²) in [7, 11) is 3.61. The van der Waals surface area contributed by atoms with Gasteiger partial charge in [0.2, 0.25) is 11.8 Å². The van der Waals surface area contributed by atoms with Gasteiger partial charge in [-0.15, -0.1) is 0 Å². The number of rotatable bonds is 0. The fourth-order valence-electron chi connectivity index (χ4n) is 1.96. The summed E-state index contributed by atoms with van der Waals surface area (Å²) >= 11 is 0. The van der Waals surface area contributed by atoms with Crippen LogP contribution in [0.5, 0.6) is 0 Å². The molecule has 1 fully saturated rings. The van der Waals surface area contributed by atoms with E-state index in [1.54, 1.807) is 23.9 Å². The number of hydrogen-bond donors (Lipinski definition) is 0. The van der Waals surface area contributed by atoms with E-state index in [1.165, 1.54) is 0 Å². The van der Waals surface area contributed by atoms with Crippen LogP contribution < -0.4 is 0 Å². The maximum absolute atomic E-state index is 11.7. The summed E-state index contributed by atoms with van der Waals surface area (Å²) in [5, 5.41) is 0. The molecule has 0 atom stereocenters. The lowest BCUT2D eigenvalue weighted by Gasteiger charge is -2.19. The van der Waals surface area contributed by atoms with Crippen molar-refractivity contribution in [2.75, 3.05) is 53.6 Å². The Morgan fingerprint density at radius 2 is 1.15 bits per heavy atom. The molecule has 0 aliphatic carbocycles. The Balaban J connectivity index is 2.38. The second kappa shape index (κ2) is 9.72. The maximum Gasteiger partial charge on any atom is 0.248 e. The molecule has 0 spiro atoms. The fraction of sp³-hybridized carbons (Fsp3) is 0.857. The van der Waals surface area contributed by atoms with Crippen molar-refractivity contribution in [3.8, 4) is 0 Å². The first-order valence-corrected chi connectivity index (χ1v) is 7.24. The van der Waals surface area contributed by atoms with Gasteiger partial charge in [0.1, 0.15) is 13.2 Å². The van der Waals surface area contributed by atoms with Gasteiger partial charge in [0.05, 0.1) is 13.2 Å². The van der Waals surface area contributed by atoms with Crippen molar-refractivity contribution in [1.82, 2.24) is 9.80 Å². The summed E-state index contributed by atoms with van der Waals surface area (Å²) in [6.45, 7) is 2.33. The van der Waals surface area contributed by atoms with Crippen molar-refractivity contribution < 1.29 is 19.1 Å². The third kappa shape index (κ3) is 6.86. The van der Waals surface area contributed by atoms with E-state index in [2.05, 4.69) is 0 Å². The van der Waals surface area contributed by atoms with Gasteiger partial charge in [0.25, 0.3) is 0 Å². The summed E-state index contributed by atoms with van der Waals surface area (Å²) in [5.74, 6) is -0.0131. The molecule has 0 radical (unpaired) electrons. The van der Waals surface area contributed by atoms with Crippen LogP contribution in [0.2, 0.25) is 0 Å². The number of amides is 2. The molecular formula is C14H26N2O4. The first-order chi connectivity index (χ1) is 9.61. The normalized spacial score (nSPS) is 22.1. The van der Waals surface area contributed by atoms with E-state index in [1.807, 2.05) is 0 Å². The van der Waals surface area contributed by atoms with Crippen LogP contribution in [-0.2, 0) is 19.1 Å². The van der Waals surface area contributed by atoms with Crippen LogP contribution in [0, 0.1) is 0 Å². The number of hydrogen-bond acceptors (Lipinski definition) is 4. The van der Waals surface area contributed by atoms with Gasteiger partial charge in [-0.1, -0.05) is 12.8 Å². The van der Waals surface area contributed by atoms with Gasteiger partial charge in [-0.25, -0.2) is 0 Å². The summed E-state index contributed by atoms with van der Waals surface area (Å²) in [6, 6.07) is 0. The Morgan fingerprint density at radius 1 is 0.750 bits per heavy atom. The number of nitrogens with zero attached hydrogens (tertiary/aromatic N) is 2. The lowest BCUT2D eigenvalue weighted by Crippen LogP contribution is -2.33. The van der Waals surface area contributed by atoms with Crippen LogP contribution in [0.1, 0.15) is 25.7 Å². The number of ether oxygens (including phenoxy) is 2. The second-order valence-electron chi connectivity index (χ2n) is 5.15. The number of carbonyl (C=O) groups is 2. The molecule has 0 saturated carbocycles. The Kier molecular flexibility index (Phi) is 8.22. The summed E-state index contributed by atoms with van der Waals surface area (Å²) in [6.07, 6.45) is 4.11. The SMILES string of the molecule is CN1CCCCCCN(C)C(=O)COCCOCC1=O. The highest BCUT2D eigenvalue weighted by Crippen LogP contribution is 2.03. The highest BCUT2D eigenvalue weighted by atomic mass is 16.5. The summed E-state index contributed by atoms with van der Waals surface area (Å²) in [4.78, 5) is 26.8. The highest BCUT2D eigenvalue weighted by molar-refractivity contribution is 5.77. The van der Waals surface area contributed by atoms with E-state index in [0.717, 1.165) is 38.8 Å². The Morgan fingerprint density at radius 3 is 1.55 bits per heavy atom. The molecule has 0 aromatic rings. The molecule has 1 aliphatic heterocycles. The van der Waals surface area contributed by atoms with Crippen molar-refractivity contribution in [1.29, 1.82) is 0 Å². The Bertz CT molecular complexity index is 280. The lowest BCUT2D eigenvalue weighted by molar-refractivity contribution is -0.138. The Hall–Kier alpha value is -1.14. The predicted molar refractivity (Wildman–Crippen MR) is 75.4 cm³/mol. The quantitative estimate of drug-likeness (QED) is 0.651. The number of carbonyl (C=O) groups excluding carboxylic acids is 2. The van der Waals surface area contributed by atoms with Crippen molar-refractivity contribution >= 4 is 11.8 Å². The van der Waals surface area contributed by atoms with Gasteiger partial charge in [0, 0.05) is 27.2 Å². The third-order valence-electron chi connectivity index (χ3n) is 3.41. The van der Waals surface area contributed by atoms with Crippen molar-refractivity contribution in [3.63, 3.8) is 0 Å². The van der Waals surface area contributed by atoms with Gasteiger partial charge < -0.3 is 19.3 Å². The minimum atomic E-state index is -0.00657. The zero-order valence-corrected chi connectivity index (χ0v) is 12.6. The van der Waals surface area contributed by atoms with Crippen molar-refractivity contribution in [3.05, 3.63) is 0 Å². The second-order valence-corrected chi connectivity index (χ2v) is 5.15. The van der Waals surface area contributed by atoms with Crippen LogP contribution in [0.4, 0.5) is 0 Å². The predicted octanol–water partition coefficient (Wildman–Crippen LogP) is 0.510. The molecule has 0 bridgehead atoms. The first-order valence-electron chi connectivity index (χ1n) is 7.24. The average molecular weight is 286 g/mol. The minimum Gasteiger partial charge on any atom is -0.369 e. The molecule has 1 heterocycles. The molecule has 1 aliphatic rings. The molecule has 0 aromatic carbocycles. The summed E-state index contributed by atoms with van der Waals surface area (Å²) < 4.78 is 10.5. The minimum absolute atomic E-state index is 0.00657. The Labute approximate surface area is 121 Å². The first kappa shape index (κ1) is 16.9. The van der Waals surface area contributed by atoms with Crippen LogP contribution >= 0.6 is 0 Å². The molecule has 6 heteroatoms. The third-order valence-corrected chi connectivity index (χ3v) is 3.41. The van der Waals surface area contributed by atoms with Gasteiger partial charge in [0.15, 0.2) is 0 Å². The maximum atomic E-state index is 11.7. The van der Waals surface area contributed by atoms with Gasteiger partial charge in [-0.05, 0) is 12.8 Å². The van der Waals surface area contributed by atoms with E-state index in [9.17, 15) is 9.59 Å². The van der Waals surface area contributed by atoms with Crippen molar-refractivity contribution in [2.45, 2.75) is 25.7 Å². The molecule has 6 nitrogen and oxygen atoms in total. The van der Waals surface area contributed by atoms with Crippen LogP contribution in [0.15, 0.2) is 0 Å². The molecule has 2 amide bonds. The van der Waals surface area contributed by atoms with E-state index in [4.69, 9.17) is 9.47 Å². The molecule has 1 saturated heterocycles. The van der Waals surface area contributed by atoms with Crippen LogP contribution in [-0.4, -0.2) is 75.2 Å². The largest absolute Gasteiger partial charge is 0.369 e. The monoisotopic (exact) mass is 286 g/mol. The van der Waals surface area contributed by atoms with Gasteiger partial charge in [-0.2, -0.15) is 0 Å². The van der Waals surface area contributed by atoms with Crippen LogP contribution in [0.3, 0.4) is 0 Å². The van der Waals surface area contributed by atoms with E-state index >= 15 is 0 Å². The van der Waals surface area contributed by atoms with Crippen LogP contribution in [0.25, 0.3) is 0 Å². The molecular weight excluding hydrogens is 260 g/mol. The molecule has 0 N–H and O–H groups in total. The number of likely N-dealkylation sites (N-methyl/N-ethyl adjacent to an activating group) is 2. The molecule has 116 valence electrons. The average Bonchev–Trinajstić information content (AvgIpc) is 2.44. The zero-order valence-electron chi connectivity index (χ0n) is 12.6. The standard InChI is InChI=1S/C14H26N2O4/c1-15-7-5-3-4-6-8-16(2)14(18)12-20-10-9-19-11-13(15)17/h3-12H2,1-2H3. The topological polar surface area (TPSA) is 59.1 Å². The van der Waals surface area contributed by atoms with E-state index < -0.39 is 0 Å². The fourth-order valence-corrected chi connectivity index (χ4v) is 1.96. The highest BCUT2D eigenvalue weighted by Gasteiger charge is 2.11. The zero-order chi connectivity index (χ0) is 14.8. The van der Waals surface area contributed by atoms with E-state index in [0.29, 0.717) is 13.2 Å². The molecule has 20 heavy (non-hydrogen) atoms. The molecule has 0 aromatic heterocycles. The van der Waals surface area contributed by atoms with Crippen molar-refractivity contribution in [2.24, 2.45) is 0 Å².